The lowest BCUT2D eigenvalue weighted by atomic mass is 10.1. The molecule has 0 unspecified atom stereocenters. The average Bonchev–Trinajstić information content (AvgIpc) is 2.58. The maximum absolute atomic E-state index is 11.4. The molecule has 1 rings (SSSR count). The zero-order valence-electron chi connectivity index (χ0n) is 9.81. The van der Waals surface area contributed by atoms with Crippen molar-refractivity contribution in [2.75, 3.05) is 0 Å². The summed E-state index contributed by atoms with van der Waals surface area (Å²) >= 11 is 0. The smallest absolute Gasteiger partial charge is 0.407 e. The first kappa shape index (κ1) is 11.3. The van der Waals surface area contributed by atoms with Gasteiger partial charge in [-0.3, -0.25) is 0 Å². The Bertz CT molecular complexity index is 232. The summed E-state index contributed by atoms with van der Waals surface area (Å²) in [7, 11) is 0. The number of amides is 1. The summed E-state index contributed by atoms with van der Waals surface area (Å²) in [4.78, 5) is 11.4. The molecule has 1 amide bonds. The maximum Gasteiger partial charge on any atom is 0.407 e. The van der Waals surface area contributed by atoms with Gasteiger partial charge >= 0.3 is 6.09 Å². The number of carbonyl (C=O) groups is 1. The first-order valence-electron chi connectivity index (χ1n) is 5.26. The first-order chi connectivity index (χ1) is 6.27. The summed E-state index contributed by atoms with van der Waals surface area (Å²) in [5.74, 6) is 0. The van der Waals surface area contributed by atoms with E-state index in [9.17, 15) is 4.79 Å². The van der Waals surface area contributed by atoms with E-state index >= 15 is 0 Å². The Morgan fingerprint density at radius 2 is 2.14 bits per heavy atom. The van der Waals surface area contributed by atoms with Gasteiger partial charge in [-0.2, -0.15) is 0 Å². The summed E-state index contributed by atoms with van der Waals surface area (Å²) in [5, 5.41) is 2.89. The number of alkyl carbamates (subject to hydrolysis) is 1. The van der Waals surface area contributed by atoms with E-state index in [1.54, 1.807) is 0 Å². The van der Waals surface area contributed by atoms with Crippen LogP contribution in [0.2, 0.25) is 0 Å². The largest absolute Gasteiger partial charge is 0.444 e. The zero-order valence-corrected chi connectivity index (χ0v) is 9.81. The van der Waals surface area contributed by atoms with E-state index < -0.39 is 5.60 Å². The molecule has 0 aromatic rings. The van der Waals surface area contributed by atoms with E-state index in [0.717, 1.165) is 12.8 Å². The Labute approximate surface area is 86.2 Å². The van der Waals surface area contributed by atoms with Gasteiger partial charge in [0.2, 0.25) is 0 Å². The van der Waals surface area contributed by atoms with Crippen molar-refractivity contribution in [1.29, 1.82) is 0 Å². The molecule has 0 heterocycles. The molecule has 3 heteroatoms. The molecule has 0 aliphatic heterocycles. The van der Waals surface area contributed by atoms with Crippen LogP contribution in [-0.4, -0.2) is 17.7 Å². The van der Waals surface area contributed by atoms with Crippen molar-refractivity contribution in [2.45, 2.75) is 59.1 Å². The van der Waals surface area contributed by atoms with E-state index in [1.165, 1.54) is 0 Å². The van der Waals surface area contributed by atoms with Crippen molar-refractivity contribution < 1.29 is 9.53 Å². The van der Waals surface area contributed by atoms with Crippen LogP contribution in [-0.2, 0) is 4.74 Å². The number of ether oxygens (including phenoxy) is 1. The van der Waals surface area contributed by atoms with E-state index in [-0.39, 0.29) is 6.09 Å². The Kier molecular flexibility index (Phi) is 2.79. The van der Waals surface area contributed by atoms with Crippen molar-refractivity contribution >= 4 is 6.09 Å². The summed E-state index contributed by atoms with van der Waals surface area (Å²) in [6.45, 7) is 9.96. The summed E-state index contributed by atoms with van der Waals surface area (Å²) in [6.07, 6.45) is 1.88. The van der Waals surface area contributed by atoms with Gasteiger partial charge in [0, 0.05) is 6.04 Å². The fourth-order valence-corrected chi connectivity index (χ4v) is 1.47. The van der Waals surface area contributed by atoms with Crippen LogP contribution < -0.4 is 5.32 Å². The third-order valence-electron chi connectivity index (χ3n) is 2.85. The van der Waals surface area contributed by atoms with Gasteiger partial charge in [-0.25, -0.2) is 4.79 Å². The van der Waals surface area contributed by atoms with Gasteiger partial charge in [0.05, 0.1) is 0 Å². The lowest BCUT2D eigenvalue weighted by Gasteiger charge is -2.20. The molecule has 0 spiro atoms. The van der Waals surface area contributed by atoms with Gasteiger partial charge in [-0.15, -0.1) is 0 Å². The van der Waals surface area contributed by atoms with Crippen molar-refractivity contribution in [2.24, 2.45) is 5.41 Å². The van der Waals surface area contributed by atoms with Crippen molar-refractivity contribution in [3.05, 3.63) is 0 Å². The molecule has 1 fully saturated rings. The van der Waals surface area contributed by atoms with E-state index in [1.807, 2.05) is 20.8 Å². The zero-order chi connectivity index (χ0) is 11.0. The fourth-order valence-electron chi connectivity index (χ4n) is 1.47. The predicted molar refractivity (Wildman–Crippen MR) is 56.2 cm³/mol. The van der Waals surface area contributed by atoms with Gasteiger partial charge in [0.1, 0.15) is 5.60 Å². The highest BCUT2D eigenvalue weighted by atomic mass is 16.6. The molecule has 0 aromatic carbocycles. The van der Waals surface area contributed by atoms with Gasteiger partial charge < -0.3 is 10.1 Å². The lowest BCUT2D eigenvalue weighted by molar-refractivity contribution is 0.0516. The number of hydrogen-bond donors (Lipinski definition) is 1. The minimum Gasteiger partial charge on any atom is -0.444 e. The normalized spacial score (nSPS) is 31.1. The molecular weight excluding hydrogens is 178 g/mol. The quantitative estimate of drug-likeness (QED) is 0.742. The van der Waals surface area contributed by atoms with Crippen molar-refractivity contribution in [3.63, 3.8) is 0 Å². The highest BCUT2D eigenvalue weighted by Gasteiger charge is 2.49. The number of nitrogens with one attached hydrogen (secondary N) is 1. The van der Waals surface area contributed by atoms with Crippen LogP contribution in [0.15, 0.2) is 0 Å². The van der Waals surface area contributed by atoms with Gasteiger partial charge in [0.25, 0.3) is 0 Å². The molecule has 0 radical (unpaired) electrons. The lowest BCUT2D eigenvalue weighted by Crippen LogP contribution is -2.35. The molecule has 82 valence electrons. The molecule has 14 heavy (non-hydrogen) atoms. The Hall–Kier alpha value is -0.730. The van der Waals surface area contributed by atoms with Gasteiger partial charge in [-0.1, -0.05) is 13.8 Å². The highest BCUT2D eigenvalue weighted by Crippen LogP contribution is 2.48. The van der Waals surface area contributed by atoms with Crippen molar-refractivity contribution in [3.8, 4) is 0 Å². The number of hydrogen-bond acceptors (Lipinski definition) is 2. The van der Waals surface area contributed by atoms with E-state index in [2.05, 4.69) is 19.2 Å². The second kappa shape index (κ2) is 3.44. The molecular formula is C11H21NO2. The summed E-state index contributed by atoms with van der Waals surface area (Å²) in [6, 6.07) is 0.308. The van der Waals surface area contributed by atoms with Gasteiger partial charge in [-0.05, 0) is 39.0 Å². The van der Waals surface area contributed by atoms with Crippen LogP contribution in [0.1, 0.15) is 47.5 Å². The maximum atomic E-state index is 11.4. The molecule has 0 saturated heterocycles. The van der Waals surface area contributed by atoms with Crippen LogP contribution >= 0.6 is 0 Å². The van der Waals surface area contributed by atoms with Crippen LogP contribution in [0, 0.1) is 5.41 Å². The molecule has 1 saturated carbocycles. The molecule has 0 aromatic heterocycles. The van der Waals surface area contributed by atoms with E-state index in [0.29, 0.717) is 11.5 Å². The number of rotatable bonds is 2. The van der Waals surface area contributed by atoms with Crippen LogP contribution in [0.4, 0.5) is 4.79 Å². The molecule has 3 nitrogen and oxygen atoms in total. The minimum absolute atomic E-state index is 0.292. The van der Waals surface area contributed by atoms with Gasteiger partial charge in [0.15, 0.2) is 0 Å². The third kappa shape index (κ3) is 2.89. The standard InChI is InChI=1S/C11H21NO2/c1-6-11(5)7-8(11)12-9(13)14-10(2,3)4/h8H,6-7H2,1-5H3,(H,12,13)/t8-,11-/m0/s1. The Morgan fingerprint density at radius 1 is 1.57 bits per heavy atom. The molecule has 1 N–H and O–H groups in total. The Morgan fingerprint density at radius 3 is 2.50 bits per heavy atom. The fraction of sp³-hybridized carbons (Fsp3) is 0.909. The van der Waals surface area contributed by atoms with E-state index in [4.69, 9.17) is 4.74 Å². The number of carbonyl (C=O) groups excluding carboxylic acids is 1. The van der Waals surface area contributed by atoms with Crippen LogP contribution in [0.3, 0.4) is 0 Å². The van der Waals surface area contributed by atoms with Crippen LogP contribution in [0.25, 0.3) is 0 Å². The SMILES string of the molecule is CC[C@@]1(C)C[C@@H]1NC(=O)OC(C)(C)C. The molecule has 2 atom stereocenters. The third-order valence-corrected chi connectivity index (χ3v) is 2.85. The van der Waals surface area contributed by atoms with Crippen molar-refractivity contribution in [1.82, 2.24) is 5.32 Å². The topological polar surface area (TPSA) is 38.3 Å². The molecule has 1 aliphatic rings. The minimum atomic E-state index is -0.401. The second-order valence-corrected chi connectivity index (χ2v) is 5.41. The summed E-state index contributed by atoms with van der Waals surface area (Å²) < 4.78 is 5.18. The second-order valence-electron chi connectivity index (χ2n) is 5.41. The molecule has 1 aliphatic carbocycles. The predicted octanol–water partition coefficient (Wildman–Crippen LogP) is 2.70. The first-order valence-corrected chi connectivity index (χ1v) is 5.26. The monoisotopic (exact) mass is 199 g/mol. The van der Waals surface area contributed by atoms with Crippen LogP contribution in [0.5, 0.6) is 0 Å². The highest BCUT2D eigenvalue weighted by molar-refractivity contribution is 5.68. The average molecular weight is 199 g/mol. The molecule has 0 bridgehead atoms. The Balaban J connectivity index is 2.31. The summed E-state index contributed by atoms with van der Waals surface area (Å²) in [5.41, 5.74) is -0.0987.